The van der Waals surface area contributed by atoms with Crippen molar-refractivity contribution in [2.24, 2.45) is 4.99 Å². The Balaban J connectivity index is 2.28. The smallest absolute Gasteiger partial charge is 0.280 e. The number of nitrogens with zero attached hydrogens (tertiary/aromatic N) is 2. The van der Waals surface area contributed by atoms with Crippen LogP contribution in [0.1, 0.15) is 11.3 Å². The molecule has 21 heavy (non-hydrogen) atoms. The van der Waals surface area contributed by atoms with Crippen LogP contribution in [0.25, 0.3) is 5.69 Å². The number of nitrogens with one attached hydrogen (secondary N) is 2. The first-order valence-corrected chi connectivity index (χ1v) is 6.84. The lowest BCUT2D eigenvalue weighted by atomic mass is 10.3. The summed E-state index contributed by atoms with van der Waals surface area (Å²) in [6.45, 7) is 5.94. The minimum Gasteiger partial charge on any atom is -0.357 e. The van der Waals surface area contributed by atoms with Crippen molar-refractivity contribution < 1.29 is 0 Å². The maximum absolute atomic E-state index is 12.4. The zero-order valence-electron chi connectivity index (χ0n) is 11.7. The van der Waals surface area contributed by atoms with Crippen molar-refractivity contribution in [1.29, 1.82) is 0 Å². The van der Waals surface area contributed by atoms with Gasteiger partial charge in [0.15, 0.2) is 5.11 Å². The number of hydrogen-bond acceptors (Lipinski definition) is 2. The molecule has 0 amide bonds. The molecular formula is C15H16N4OS. The molecule has 0 aliphatic heterocycles. The van der Waals surface area contributed by atoms with Crippen LogP contribution in [0.15, 0.2) is 52.8 Å². The molecule has 1 heterocycles. The summed E-state index contributed by atoms with van der Waals surface area (Å²) < 4.78 is 1.48. The van der Waals surface area contributed by atoms with Crippen LogP contribution in [-0.2, 0) is 0 Å². The zero-order valence-corrected chi connectivity index (χ0v) is 12.5. The minimum atomic E-state index is -0.158. The van der Waals surface area contributed by atoms with Crippen molar-refractivity contribution >= 4 is 23.5 Å². The SMILES string of the molecule is C=CCNC(=S)/N=C\c1c(C)[nH]n(-c2ccccc2)c1=O. The van der Waals surface area contributed by atoms with Gasteiger partial charge in [0.1, 0.15) is 0 Å². The number of H-pyrrole nitrogens is 1. The van der Waals surface area contributed by atoms with Gasteiger partial charge in [-0.05, 0) is 31.3 Å². The molecule has 0 aliphatic rings. The second-order valence-corrected chi connectivity index (χ2v) is 4.75. The minimum absolute atomic E-state index is 0.158. The van der Waals surface area contributed by atoms with Gasteiger partial charge in [-0.25, -0.2) is 9.67 Å². The fourth-order valence-corrected chi connectivity index (χ4v) is 1.93. The summed E-state index contributed by atoms with van der Waals surface area (Å²) in [5.41, 5.74) is 1.84. The number of aromatic amines is 1. The lowest BCUT2D eigenvalue weighted by molar-refractivity contribution is 0.835. The Kier molecular flexibility index (Phi) is 4.84. The highest BCUT2D eigenvalue weighted by Crippen LogP contribution is 2.05. The van der Waals surface area contributed by atoms with Crippen LogP contribution in [-0.4, -0.2) is 27.7 Å². The van der Waals surface area contributed by atoms with Crippen LogP contribution >= 0.6 is 12.2 Å². The number of benzene rings is 1. The molecule has 2 aromatic rings. The predicted molar refractivity (Wildman–Crippen MR) is 89.5 cm³/mol. The van der Waals surface area contributed by atoms with E-state index in [0.29, 0.717) is 17.2 Å². The Morgan fingerprint density at radius 3 is 2.86 bits per heavy atom. The predicted octanol–water partition coefficient (Wildman–Crippen LogP) is 1.95. The molecular weight excluding hydrogens is 284 g/mol. The summed E-state index contributed by atoms with van der Waals surface area (Å²) in [5, 5.41) is 6.23. The molecule has 6 heteroatoms. The van der Waals surface area contributed by atoms with Gasteiger partial charge in [-0.3, -0.25) is 9.89 Å². The molecule has 0 saturated carbocycles. The van der Waals surface area contributed by atoms with Gasteiger partial charge in [-0.2, -0.15) is 0 Å². The number of aromatic nitrogens is 2. The number of aliphatic imine (C=N–C) groups is 1. The zero-order chi connectivity index (χ0) is 15.2. The van der Waals surface area contributed by atoms with Gasteiger partial charge in [0.25, 0.3) is 5.56 Å². The molecule has 0 saturated heterocycles. The molecule has 1 aromatic carbocycles. The Hall–Kier alpha value is -2.47. The number of para-hydroxylation sites is 1. The Morgan fingerprint density at radius 1 is 1.48 bits per heavy atom. The number of hydrogen-bond donors (Lipinski definition) is 2. The van der Waals surface area contributed by atoms with Crippen LogP contribution in [0.4, 0.5) is 0 Å². The van der Waals surface area contributed by atoms with E-state index in [9.17, 15) is 4.79 Å². The first-order valence-electron chi connectivity index (χ1n) is 6.43. The van der Waals surface area contributed by atoms with Crippen molar-refractivity contribution in [2.75, 3.05) is 6.54 Å². The summed E-state index contributed by atoms with van der Waals surface area (Å²) in [7, 11) is 0. The second kappa shape index (κ2) is 6.81. The number of aryl methyl sites for hydroxylation is 1. The Morgan fingerprint density at radius 2 is 2.19 bits per heavy atom. The highest BCUT2D eigenvalue weighted by atomic mass is 32.1. The van der Waals surface area contributed by atoms with Crippen LogP contribution in [0.3, 0.4) is 0 Å². The van der Waals surface area contributed by atoms with Crippen molar-refractivity contribution in [2.45, 2.75) is 6.92 Å². The average molecular weight is 300 g/mol. The monoisotopic (exact) mass is 300 g/mol. The first kappa shape index (κ1) is 14.9. The van der Waals surface area contributed by atoms with Gasteiger partial charge in [0, 0.05) is 18.5 Å². The topological polar surface area (TPSA) is 62.2 Å². The van der Waals surface area contributed by atoms with Crippen molar-refractivity contribution in [1.82, 2.24) is 15.1 Å². The van der Waals surface area contributed by atoms with E-state index in [2.05, 4.69) is 22.0 Å². The first-order chi connectivity index (χ1) is 10.1. The quantitative estimate of drug-likeness (QED) is 0.515. The highest BCUT2D eigenvalue weighted by Gasteiger charge is 2.10. The molecule has 1 aromatic heterocycles. The number of thiocarbonyl (C=S) groups is 1. The molecule has 0 radical (unpaired) electrons. The maximum Gasteiger partial charge on any atom is 0.280 e. The van der Waals surface area contributed by atoms with E-state index in [1.54, 1.807) is 6.08 Å². The standard InChI is InChI=1S/C15H16N4OS/c1-3-9-16-15(21)17-10-13-11(2)18-19(14(13)20)12-7-5-4-6-8-12/h3-8,10,18H,1,9H2,2H3,(H,16,21)/b17-10-. The van der Waals surface area contributed by atoms with E-state index in [1.807, 2.05) is 37.3 Å². The summed E-state index contributed by atoms with van der Waals surface area (Å²) >= 11 is 5.03. The van der Waals surface area contributed by atoms with E-state index in [4.69, 9.17) is 12.2 Å². The van der Waals surface area contributed by atoms with Gasteiger partial charge in [0.2, 0.25) is 0 Å². The molecule has 0 aliphatic carbocycles. The van der Waals surface area contributed by atoms with Gasteiger partial charge in [0.05, 0.1) is 11.3 Å². The van der Waals surface area contributed by atoms with Gasteiger partial charge in [-0.1, -0.05) is 24.3 Å². The Bertz CT molecular complexity index is 728. The maximum atomic E-state index is 12.4. The van der Waals surface area contributed by atoms with E-state index in [1.165, 1.54) is 10.9 Å². The molecule has 2 rings (SSSR count). The molecule has 5 nitrogen and oxygen atoms in total. The third-order valence-electron chi connectivity index (χ3n) is 2.84. The summed E-state index contributed by atoms with van der Waals surface area (Å²) in [4.78, 5) is 16.5. The molecule has 0 fully saturated rings. The fourth-order valence-electron chi connectivity index (χ4n) is 1.80. The van der Waals surface area contributed by atoms with E-state index < -0.39 is 0 Å². The lowest BCUT2D eigenvalue weighted by Gasteiger charge is -1.99. The normalized spacial score (nSPS) is 10.7. The lowest BCUT2D eigenvalue weighted by Crippen LogP contribution is -2.20. The van der Waals surface area contributed by atoms with E-state index >= 15 is 0 Å². The largest absolute Gasteiger partial charge is 0.357 e. The van der Waals surface area contributed by atoms with Crippen LogP contribution in [0.2, 0.25) is 0 Å². The van der Waals surface area contributed by atoms with Crippen LogP contribution in [0.5, 0.6) is 0 Å². The number of rotatable bonds is 4. The summed E-state index contributed by atoms with van der Waals surface area (Å²) in [6.07, 6.45) is 3.16. The third-order valence-corrected chi connectivity index (χ3v) is 3.09. The molecule has 108 valence electrons. The summed E-state index contributed by atoms with van der Waals surface area (Å²) in [6, 6.07) is 9.36. The molecule has 0 atom stereocenters. The third kappa shape index (κ3) is 3.55. The molecule has 2 N–H and O–H groups in total. The van der Waals surface area contributed by atoms with Crippen molar-refractivity contribution in [3.05, 3.63) is 64.6 Å². The molecule has 0 bridgehead atoms. The van der Waals surface area contributed by atoms with Gasteiger partial charge >= 0.3 is 0 Å². The van der Waals surface area contributed by atoms with Crippen LogP contribution < -0.4 is 10.9 Å². The van der Waals surface area contributed by atoms with Gasteiger partial charge < -0.3 is 5.32 Å². The Labute approximate surface area is 128 Å². The van der Waals surface area contributed by atoms with E-state index in [0.717, 1.165) is 11.4 Å². The van der Waals surface area contributed by atoms with Crippen molar-refractivity contribution in [3.63, 3.8) is 0 Å². The second-order valence-electron chi connectivity index (χ2n) is 4.36. The molecule has 0 spiro atoms. The molecule has 0 unspecified atom stereocenters. The van der Waals surface area contributed by atoms with Crippen LogP contribution in [0, 0.1) is 6.92 Å². The summed E-state index contributed by atoms with van der Waals surface area (Å²) in [5.74, 6) is 0. The van der Waals surface area contributed by atoms with E-state index in [-0.39, 0.29) is 5.56 Å². The fraction of sp³-hybridized carbons (Fsp3) is 0.133. The highest BCUT2D eigenvalue weighted by molar-refractivity contribution is 7.80. The average Bonchev–Trinajstić information content (AvgIpc) is 2.79. The van der Waals surface area contributed by atoms with Crippen molar-refractivity contribution in [3.8, 4) is 5.69 Å². The van der Waals surface area contributed by atoms with Gasteiger partial charge in [-0.15, -0.1) is 6.58 Å².